The molecule has 3 aromatic rings. The van der Waals surface area contributed by atoms with Crippen LogP contribution in [0.25, 0.3) is 5.82 Å². The molecule has 0 fully saturated rings. The topological polar surface area (TPSA) is 62.1 Å². The van der Waals surface area contributed by atoms with Crippen LogP contribution in [0.2, 0.25) is 0 Å². The van der Waals surface area contributed by atoms with Crippen LogP contribution in [0, 0.1) is 6.92 Å². The van der Waals surface area contributed by atoms with Crippen molar-refractivity contribution in [3.63, 3.8) is 0 Å². The number of benzene rings is 1. The number of fused-ring (bicyclic) bond motifs is 1. The third-order valence-electron chi connectivity index (χ3n) is 4.17. The Morgan fingerprint density at radius 3 is 2.67 bits per heavy atom. The summed E-state index contributed by atoms with van der Waals surface area (Å²) in [5.74, 6) is 2.48. The molecule has 1 aromatic carbocycles. The Kier molecular flexibility index (Phi) is 3.86. The summed E-state index contributed by atoms with van der Waals surface area (Å²) in [6, 6.07) is 11.9. The molecule has 2 aromatic heterocycles. The molecule has 0 amide bonds. The Hall–Kier alpha value is -2.89. The van der Waals surface area contributed by atoms with E-state index in [1.807, 2.05) is 37.3 Å². The van der Waals surface area contributed by atoms with Gasteiger partial charge in [-0.25, -0.2) is 4.98 Å². The zero-order chi connectivity index (χ0) is 16.4. The van der Waals surface area contributed by atoms with E-state index in [-0.39, 0.29) is 6.10 Å². The van der Waals surface area contributed by atoms with Crippen LogP contribution in [-0.4, -0.2) is 32.5 Å². The molecule has 1 atom stereocenters. The maximum atomic E-state index is 6.01. The van der Waals surface area contributed by atoms with Crippen molar-refractivity contribution in [2.24, 2.45) is 0 Å². The summed E-state index contributed by atoms with van der Waals surface area (Å²) in [5.41, 5.74) is 2.23. The fraction of sp³-hybridized carbons (Fsp3) is 0.278. The average Bonchev–Trinajstić information content (AvgIpc) is 3.15. The zero-order valence-corrected chi connectivity index (χ0v) is 13.4. The summed E-state index contributed by atoms with van der Waals surface area (Å²) in [5, 5.41) is 7.62. The highest BCUT2D eigenvalue weighted by atomic mass is 16.6. The summed E-state index contributed by atoms with van der Waals surface area (Å²) >= 11 is 0. The minimum Gasteiger partial charge on any atom is -0.486 e. The number of aromatic nitrogens is 4. The van der Waals surface area contributed by atoms with E-state index in [0.717, 1.165) is 35.9 Å². The first-order valence-electron chi connectivity index (χ1n) is 7.99. The van der Waals surface area contributed by atoms with E-state index < -0.39 is 0 Å². The van der Waals surface area contributed by atoms with Crippen LogP contribution in [0.1, 0.15) is 17.7 Å². The molecule has 6 nitrogen and oxygen atoms in total. The van der Waals surface area contributed by atoms with Gasteiger partial charge in [0, 0.05) is 5.69 Å². The second kappa shape index (κ2) is 6.31. The standard InChI is InChI=1S/C18H18N4O2/c1-13-14(7-9-18(21-13)22-11-19-20-12-22)6-8-15-10-23-16-4-2-3-5-17(16)24-15/h2-5,7,9,11-12,15H,6,8,10H2,1H3/t15-/m1/s1. The molecule has 0 bridgehead atoms. The van der Waals surface area contributed by atoms with Crippen LogP contribution in [0.5, 0.6) is 11.5 Å². The third-order valence-corrected chi connectivity index (χ3v) is 4.17. The van der Waals surface area contributed by atoms with Crippen molar-refractivity contribution in [2.45, 2.75) is 25.9 Å². The minimum atomic E-state index is 0.0665. The monoisotopic (exact) mass is 322 g/mol. The SMILES string of the molecule is Cc1nc(-n2cnnc2)ccc1CC[C@@H]1COc2ccccc2O1. The number of pyridine rings is 1. The lowest BCUT2D eigenvalue weighted by Crippen LogP contribution is -2.29. The van der Waals surface area contributed by atoms with Crippen molar-refractivity contribution in [1.29, 1.82) is 0 Å². The van der Waals surface area contributed by atoms with E-state index in [4.69, 9.17) is 9.47 Å². The fourth-order valence-corrected chi connectivity index (χ4v) is 2.83. The zero-order valence-electron chi connectivity index (χ0n) is 13.4. The van der Waals surface area contributed by atoms with Crippen LogP contribution < -0.4 is 9.47 Å². The molecule has 3 heterocycles. The van der Waals surface area contributed by atoms with E-state index in [9.17, 15) is 0 Å². The van der Waals surface area contributed by atoms with E-state index in [2.05, 4.69) is 21.2 Å². The summed E-state index contributed by atoms with van der Waals surface area (Å²) in [6.45, 7) is 2.61. The van der Waals surface area contributed by atoms with E-state index in [1.54, 1.807) is 17.2 Å². The molecule has 0 N–H and O–H groups in total. The van der Waals surface area contributed by atoms with Gasteiger partial charge in [0.2, 0.25) is 0 Å². The normalized spacial score (nSPS) is 16.1. The van der Waals surface area contributed by atoms with Gasteiger partial charge in [-0.2, -0.15) is 0 Å². The second-order valence-electron chi connectivity index (χ2n) is 5.82. The molecule has 0 saturated carbocycles. The average molecular weight is 322 g/mol. The van der Waals surface area contributed by atoms with Crippen LogP contribution in [0.4, 0.5) is 0 Å². The molecule has 24 heavy (non-hydrogen) atoms. The van der Waals surface area contributed by atoms with Crippen molar-refractivity contribution >= 4 is 0 Å². The first-order chi connectivity index (χ1) is 11.8. The van der Waals surface area contributed by atoms with Gasteiger partial charge in [-0.15, -0.1) is 10.2 Å². The van der Waals surface area contributed by atoms with Gasteiger partial charge in [-0.1, -0.05) is 18.2 Å². The molecule has 0 saturated heterocycles. The maximum Gasteiger partial charge on any atom is 0.161 e. The first kappa shape index (κ1) is 14.7. The molecule has 4 rings (SSSR count). The maximum absolute atomic E-state index is 6.01. The molecule has 0 unspecified atom stereocenters. The Labute approximate surface area is 140 Å². The van der Waals surface area contributed by atoms with Crippen LogP contribution >= 0.6 is 0 Å². The lowest BCUT2D eigenvalue weighted by Gasteiger charge is -2.26. The molecule has 122 valence electrons. The summed E-state index contributed by atoms with van der Waals surface area (Å²) in [4.78, 5) is 4.63. The Balaban J connectivity index is 1.41. The fourth-order valence-electron chi connectivity index (χ4n) is 2.83. The number of aryl methyl sites for hydroxylation is 2. The number of nitrogens with zero attached hydrogens (tertiary/aromatic N) is 4. The Bertz CT molecular complexity index is 833. The smallest absolute Gasteiger partial charge is 0.161 e. The van der Waals surface area contributed by atoms with Gasteiger partial charge in [-0.3, -0.25) is 4.57 Å². The van der Waals surface area contributed by atoms with Crippen molar-refractivity contribution in [3.05, 3.63) is 60.3 Å². The number of hydrogen-bond donors (Lipinski definition) is 0. The van der Waals surface area contributed by atoms with Crippen molar-refractivity contribution in [1.82, 2.24) is 19.7 Å². The highest BCUT2D eigenvalue weighted by molar-refractivity contribution is 5.40. The second-order valence-corrected chi connectivity index (χ2v) is 5.82. The molecule has 6 heteroatoms. The first-order valence-corrected chi connectivity index (χ1v) is 7.99. The number of hydrogen-bond acceptors (Lipinski definition) is 5. The van der Waals surface area contributed by atoms with Crippen molar-refractivity contribution in [2.75, 3.05) is 6.61 Å². The van der Waals surface area contributed by atoms with E-state index >= 15 is 0 Å². The van der Waals surface area contributed by atoms with Crippen LogP contribution in [0.3, 0.4) is 0 Å². The third kappa shape index (κ3) is 2.95. The predicted molar refractivity (Wildman–Crippen MR) is 88.6 cm³/mol. The molecule has 1 aliphatic heterocycles. The summed E-state index contributed by atoms with van der Waals surface area (Å²) in [6.07, 6.45) is 5.15. The number of ether oxygens (including phenoxy) is 2. The molecular weight excluding hydrogens is 304 g/mol. The van der Waals surface area contributed by atoms with Gasteiger partial charge < -0.3 is 9.47 Å². The highest BCUT2D eigenvalue weighted by Crippen LogP contribution is 2.31. The van der Waals surface area contributed by atoms with Gasteiger partial charge in [0.15, 0.2) is 11.5 Å². The lowest BCUT2D eigenvalue weighted by molar-refractivity contribution is 0.0851. The number of rotatable bonds is 4. The molecular formula is C18H18N4O2. The molecule has 0 aliphatic carbocycles. The summed E-state index contributed by atoms with van der Waals surface area (Å²) < 4.78 is 13.6. The molecule has 0 spiro atoms. The van der Waals surface area contributed by atoms with Crippen molar-refractivity contribution < 1.29 is 9.47 Å². The van der Waals surface area contributed by atoms with Gasteiger partial charge in [0.1, 0.15) is 31.2 Å². The van der Waals surface area contributed by atoms with E-state index in [1.165, 1.54) is 5.56 Å². The Morgan fingerprint density at radius 1 is 1.08 bits per heavy atom. The molecule has 0 radical (unpaired) electrons. The Morgan fingerprint density at radius 2 is 1.88 bits per heavy atom. The highest BCUT2D eigenvalue weighted by Gasteiger charge is 2.20. The quantitative estimate of drug-likeness (QED) is 0.739. The summed E-state index contributed by atoms with van der Waals surface area (Å²) in [7, 11) is 0. The van der Waals surface area contributed by atoms with Gasteiger partial charge >= 0.3 is 0 Å². The van der Waals surface area contributed by atoms with E-state index in [0.29, 0.717) is 6.61 Å². The van der Waals surface area contributed by atoms with Gasteiger partial charge in [0.25, 0.3) is 0 Å². The predicted octanol–water partition coefficient (Wildman–Crippen LogP) is 2.74. The van der Waals surface area contributed by atoms with Crippen molar-refractivity contribution in [3.8, 4) is 17.3 Å². The van der Waals surface area contributed by atoms with Gasteiger partial charge in [0.05, 0.1) is 0 Å². The van der Waals surface area contributed by atoms with Gasteiger partial charge in [-0.05, 0) is 43.5 Å². The van der Waals surface area contributed by atoms with Crippen LogP contribution in [-0.2, 0) is 6.42 Å². The van der Waals surface area contributed by atoms with Crippen LogP contribution in [0.15, 0.2) is 49.1 Å². The largest absolute Gasteiger partial charge is 0.486 e. The molecule has 1 aliphatic rings. The number of para-hydroxylation sites is 2. The lowest BCUT2D eigenvalue weighted by atomic mass is 10.1. The minimum absolute atomic E-state index is 0.0665.